The fourth-order valence-corrected chi connectivity index (χ4v) is 2.94. The lowest BCUT2D eigenvalue weighted by molar-refractivity contribution is -0.187. The minimum atomic E-state index is -4.18. The van der Waals surface area contributed by atoms with Crippen LogP contribution in [0.15, 0.2) is 0 Å². The van der Waals surface area contributed by atoms with Crippen molar-refractivity contribution in [2.75, 3.05) is 19.6 Å². The molecular formula is C13H21F3N2O. The van der Waals surface area contributed by atoms with Crippen molar-refractivity contribution >= 4 is 5.91 Å². The van der Waals surface area contributed by atoms with Gasteiger partial charge in [-0.2, -0.15) is 13.2 Å². The van der Waals surface area contributed by atoms with Crippen LogP contribution in [0, 0.1) is 5.92 Å². The van der Waals surface area contributed by atoms with Gasteiger partial charge in [-0.05, 0) is 25.7 Å². The third kappa shape index (κ3) is 4.09. The minimum Gasteiger partial charge on any atom is -0.341 e. The lowest BCUT2D eigenvalue weighted by Gasteiger charge is -2.34. The number of carbonyl (C=O) groups excluding carboxylic acids is 1. The molecule has 2 aliphatic rings. The van der Waals surface area contributed by atoms with Crippen molar-refractivity contribution in [3.8, 4) is 0 Å². The summed E-state index contributed by atoms with van der Waals surface area (Å²) in [6.07, 6.45) is 0.884. The number of nitrogens with one attached hydrogen (secondary N) is 1. The largest absolute Gasteiger partial charge is 0.393 e. The second-order valence-corrected chi connectivity index (χ2v) is 5.58. The molecule has 1 N–H and O–H groups in total. The molecule has 0 spiro atoms. The van der Waals surface area contributed by atoms with Gasteiger partial charge in [0, 0.05) is 19.1 Å². The summed E-state index contributed by atoms with van der Waals surface area (Å²) in [5.41, 5.74) is 0. The lowest BCUT2D eigenvalue weighted by Crippen LogP contribution is -2.48. The van der Waals surface area contributed by atoms with Gasteiger partial charge in [-0.15, -0.1) is 0 Å². The monoisotopic (exact) mass is 278 g/mol. The molecule has 1 saturated carbocycles. The van der Waals surface area contributed by atoms with Gasteiger partial charge >= 0.3 is 6.18 Å². The molecule has 2 rings (SSSR count). The van der Waals surface area contributed by atoms with Crippen LogP contribution in [0.3, 0.4) is 0 Å². The fourth-order valence-electron chi connectivity index (χ4n) is 2.94. The van der Waals surface area contributed by atoms with Crippen LogP contribution in [0.25, 0.3) is 0 Å². The zero-order chi connectivity index (χ0) is 13.9. The molecule has 1 aliphatic carbocycles. The predicted octanol–water partition coefficient (Wildman–Crippen LogP) is 2.32. The topological polar surface area (TPSA) is 32.3 Å². The van der Waals surface area contributed by atoms with Gasteiger partial charge in [0.2, 0.25) is 5.91 Å². The van der Waals surface area contributed by atoms with Gasteiger partial charge in [0.1, 0.15) is 0 Å². The number of halogens is 3. The third-order valence-electron chi connectivity index (χ3n) is 4.13. The average Bonchev–Trinajstić information content (AvgIpc) is 2.88. The first-order valence-corrected chi connectivity index (χ1v) is 7.04. The summed E-state index contributed by atoms with van der Waals surface area (Å²) in [5, 5.41) is 3.16. The van der Waals surface area contributed by atoms with E-state index in [1.807, 2.05) is 0 Å². The molecular weight excluding hydrogens is 257 g/mol. The Kier molecular flexibility index (Phi) is 4.71. The van der Waals surface area contributed by atoms with Crippen LogP contribution in [-0.4, -0.2) is 42.7 Å². The van der Waals surface area contributed by atoms with E-state index in [-0.39, 0.29) is 25.4 Å². The maximum atomic E-state index is 12.7. The minimum absolute atomic E-state index is 0.142. The Hall–Kier alpha value is -0.780. The summed E-state index contributed by atoms with van der Waals surface area (Å²) >= 11 is 0. The number of amides is 1. The number of rotatable bonds is 3. The second-order valence-electron chi connectivity index (χ2n) is 5.58. The zero-order valence-electron chi connectivity index (χ0n) is 11.0. The van der Waals surface area contributed by atoms with Gasteiger partial charge in [0.15, 0.2) is 0 Å². The maximum absolute atomic E-state index is 12.7. The molecule has 2 fully saturated rings. The Morgan fingerprint density at radius 1 is 1.16 bits per heavy atom. The Morgan fingerprint density at radius 3 is 2.47 bits per heavy atom. The summed E-state index contributed by atoms with van der Waals surface area (Å²) in [6.45, 7) is 0.460. The number of hydrogen-bond acceptors (Lipinski definition) is 2. The van der Waals surface area contributed by atoms with Crippen LogP contribution >= 0.6 is 0 Å². The zero-order valence-corrected chi connectivity index (χ0v) is 11.0. The predicted molar refractivity (Wildman–Crippen MR) is 65.6 cm³/mol. The average molecular weight is 278 g/mol. The molecule has 0 aromatic carbocycles. The molecule has 19 heavy (non-hydrogen) atoms. The first-order valence-electron chi connectivity index (χ1n) is 7.04. The first-order chi connectivity index (χ1) is 8.97. The van der Waals surface area contributed by atoms with Crippen molar-refractivity contribution in [2.45, 2.75) is 50.7 Å². The Morgan fingerprint density at radius 2 is 1.84 bits per heavy atom. The van der Waals surface area contributed by atoms with E-state index in [4.69, 9.17) is 0 Å². The van der Waals surface area contributed by atoms with E-state index >= 15 is 0 Å². The van der Waals surface area contributed by atoms with E-state index in [2.05, 4.69) is 5.32 Å². The van der Waals surface area contributed by atoms with Crippen LogP contribution in [0.1, 0.15) is 38.5 Å². The van der Waals surface area contributed by atoms with Crippen molar-refractivity contribution in [2.24, 2.45) is 5.92 Å². The molecule has 1 heterocycles. The van der Waals surface area contributed by atoms with Crippen molar-refractivity contribution in [1.29, 1.82) is 0 Å². The maximum Gasteiger partial charge on any atom is 0.393 e. The van der Waals surface area contributed by atoms with Gasteiger partial charge in [-0.25, -0.2) is 0 Å². The van der Waals surface area contributed by atoms with Crippen LogP contribution in [0.4, 0.5) is 13.2 Å². The number of hydrogen-bond donors (Lipinski definition) is 1. The van der Waals surface area contributed by atoms with Crippen molar-refractivity contribution in [3.63, 3.8) is 0 Å². The van der Waals surface area contributed by atoms with Crippen LogP contribution in [-0.2, 0) is 4.79 Å². The summed E-state index contributed by atoms with van der Waals surface area (Å²) in [7, 11) is 0. The van der Waals surface area contributed by atoms with Gasteiger partial charge in [-0.3, -0.25) is 4.79 Å². The Balaban J connectivity index is 1.78. The third-order valence-corrected chi connectivity index (χ3v) is 4.13. The lowest BCUT2D eigenvalue weighted by atomic mass is 9.97. The van der Waals surface area contributed by atoms with Crippen molar-refractivity contribution in [3.05, 3.63) is 0 Å². The molecule has 1 saturated heterocycles. The molecule has 1 atom stereocenters. The van der Waals surface area contributed by atoms with Gasteiger partial charge in [0.25, 0.3) is 0 Å². The van der Waals surface area contributed by atoms with E-state index in [0.717, 1.165) is 12.8 Å². The van der Waals surface area contributed by atoms with E-state index in [0.29, 0.717) is 19.0 Å². The van der Waals surface area contributed by atoms with E-state index in [9.17, 15) is 18.0 Å². The molecule has 1 amide bonds. The molecule has 0 bridgehead atoms. The highest BCUT2D eigenvalue weighted by molar-refractivity contribution is 5.78. The summed E-state index contributed by atoms with van der Waals surface area (Å²) < 4.78 is 38.0. The summed E-state index contributed by atoms with van der Waals surface area (Å²) in [5.74, 6) is -1.54. The van der Waals surface area contributed by atoms with Crippen molar-refractivity contribution in [1.82, 2.24) is 10.2 Å². The molecule has 0 radical (unpaired) electrons. The quantitative estimate of drug-likeness (QED) is 0.859. The molecule has 6 heteroatoms. The highest BCUT2D eigenvalue weighted by atomic mass is 19.4. The van der Waals surface area contributed by atoms with Crippen molar-refractivity contribution < 1.29 is 18.0 Å². The highest BCUT2D eigenvalue weighted by Crippen LogP contribution is 2.33. The number of piperidine rings is 1. The summed E-state index contributed by atoms with van der Waals surface area (Å²) in [6, 6.07) is 0.368. The first kappa shape index (κ1) is 14.6. The number of carbonyl (C=O) groups is 1. The molecule has 1 aliphatic heterocycles. The van der Waals surface area contributed by atoms with Gasteiger partial charge < -0.3 is 10.2 Å². The standard InChI is InChI=1S/C13H21F3N2O/c14-13(15,16)10-4-3-7-18(9-10)12(19)8-17-11-5-1-2-6-11/h10-11,17H,1-9H2. The van der Waals surface area contributed by atoms with E-state index in [1.165, 1.54) is 17.7 Å². The van der Waals surface area contributed by atoms with E-state index in [1.54, 1.807) is 0 Å². The molecule has 110 valence electrons. The Labute approximate surface area is 111 Å². The Bertz CT molecular complexity index is 314. The normalized spacial score (nSPS) is 25.8. The SMILES string of the molecule is O=C(CNC1CCCC1)N1CCCC(C(F)(F)F)C1. The molecule has 0 aromatic heterocycles. The molecule has 0 aromatic rings. The molecule has 1 unspecified atom stereocenters. The smallest absolute Gasteiger partial charge is 0.341 e. The van der Waals surface area contributed by atoms with Crippen LogP contribution in [0.5, 0.6) is 0 Å². The summed E-state index contributed by atoms with van der Waals surface area (Å²) in [4.78, 5) is 13.3. The second kappa shape index (κ2) is 6.11. The highest BCUT2D eigenvalue weighted by Gasteiger charge is 2.42. The van der Waals surface area contributed by atoms with E-state index < -0.39 is 12.1 Å². The number of alkyl halides is 3. The number of likely N-dealkylation sites (tertiary alicyclic amines) is 1. The van der Waals surface area contributed by atoms with Gasteiger partial charge in [0.05, 0.1) is 12.5 Å². The van der Waals surface area contributed by atoms with Crippen LogP contribution < -0.4 is 5.32 Å². The van der Waals surface area contributed by atoms with Crippen LogP contribution in [0.2, 0.25) is 0 Å². The number of nitrogens with zero attached hydrogens (tertiary/aromatic N) is 1. The fraction of sp³-hybridized carbons (Fsp3) is 0.923. The van der Waals surface area contributed by atoms with Gasteiger partial charge in [-0.1, -0.05) is 12.8 Å². The molecule has 3 nitrogen and oxygen atoms in total.